The fourth-order valence-electron chi connectivity index (χ4n) is 2.50. The second kappa shape index (κ2) is 10.2. The van der Waals surface area contributed by atoms with Gasteiger partial charge in [0, 0.05) is 23.1 Å². The van der Waals surface area contributed by atoms with Gasteiger partial charge in [-0.2, -0.15) is 11.8 Å². The van der Waals surface area contributed by atoms with E-state index in [9.17, 15) is 13.2 Å². The quantitative estimate of drug-likeness (QED) is 0.602. The molecule has 152 valence electrons. The van der Waals surface area contributed by atoms with Crippen molar-refractivity contribution in [2.24, 2.45) is 0 Å². The molecule has 0 aliphatic heterocycles. The van der Waals surface area contributed by atoms with Gasteiger partial charge in [-0.3, -0.25) is 9.10 Å². The zero-order valence-electron chi connectivity index (χ0n) is 16.2. The molecule has 2 aromatic carbocycles. The van der Waals surface area contributed by atoms with Crippen molar-refractivity contribution in [2.45, 2.75) is 19.6 Å². The number of carbonyl (C=O) groups is 1. The Hall–Kier alpha value is -1.70. The number of nitrogens with zero attached hydrogens (tertiary/aromatic N) is 1. The maximum Gasteiger partial charge on any atom is 0.240 e. The minimum absolute atomic E-state index is 0.233. The Morgan fingerprint density at radius 1 is 1.11 bits per heavy atom. The fourth-order valence-corrected chi connectivity index (χ4v) is 4.29. The number of hydrogen-bond donors (Lipinski definition) is 1. The summed E-state index contributed by atoms with van der Waals surface area (Å²) in [6.07, 6.45) is 1.11. The molecule has 2 aromatic rings. The van der Waals surface area contributed by atoms with Crippen molar-refractivity contribution in [3.05, 3.63) is 64.2 Å². The number of halogens is 1. The highest BCUT2D eigenvalue weighted by atomic mass is 35.5. The van der Waals surface area contributed by atoms with Gasteiger partial charge in [-0.15, -0.1) is 0 Å². The van der Waals surface area contributed by atoms with E-state index in [0.29, 0.717) is 17.3 Å². The van der Waals surface area contributed by atoms with Crippen molar-refractivity contribution in [3.8, 4) is 0 Å². The van der Waals surface area contributed by atoms with E-state index in [1.807, 2.05) is 44.2 Å². The Labute approximate surface area is 176 Å². The molecule has 0 spiro atoms. The predicted octanol–water partition coefficient (Wildman–Crippen LogP) is 3.77. The van der Waals surface area contributed by atoms with E-state index in [4.69, 9.17) is 11.6 Å². The van der Waals surface area contributed by atoms with Gasteiger partial charge in [0.05, 0.1) is 11.9 Å². The van der Waals surface area contributed by atoms with Gasteiger partial charge in [-0.05, 0) is 54.8 Å². The molecule has 0 aliphatic carbocycles. The van der Waals surface area contributed by atoms with Gasteiger partial charge in [0.1, 0.15) is 6.54 Å². The average Bonchev–Trinajstić information content (AvgIpc) is 2.62. The van der Waals surface area contributed by atoms with Gasteiger partial charge in [0.25, 0.3) is 0 Å². The number of sulfonamides is 1. The molecule has 0 heterocycles. The molecule has 0 aliphatic rings. The molecule has 1 amide bonds. The lowest BCUT2D eigenvalue weighted by molar-refractivity contribution is -0.119. The summed E-state index contributed by atoms with van der Waals surface area (Å²) in [7, 11) is -3.56. The summed E-state index contributed by atoms with van der Waals surface area (Å²) >= 11 is 7.55. The number of hydrogen-bond acceptors (Lipinski definition) is 4. The molecule has 1 N–H and O–H groups in total. The van der Waals surface area contributed by atoms with E-state index in [-0.39, 0.29) is 12.5 Å². The molecule has 0 fully saturated rings. The third kappa shape index (κ3) is 7.04. The summed E-state index contributed by atoms with van der Waals surface area (Å²) in [6, 6.07) is 13.0. The number of benzene rings is 2. The first-order valence-corrected chi connectivity index (χ1v) is 12.2. The van der Waals surface area contributed by atoms with E-state index in [2.05, 4.69) is 5.32 Å². The van der Waals surface area contributed by atoms with E-state index in [1.54, 1.807) is 23.9 Å². The van der Waals surface area contributed by atoms with Gasteiger partial charge in [0.15, 0.2) is 0 Å². The standard InChI is InChI=1S/C20H25ClN2O3S2/c1-15-4-9-19(12-16(15)2)23(28(3,25)26)13-20(24)22-10-11-27-14-17-5-7-18(21)8-6-17/h4-9,12H,10-11,13-14H2,1-3H3,(H,22,24). The largest absolute Gasteiger partial charge is 0.354 e. The summed E-state index contributed by atoms with van der Waals surface area (Å²) < 4.78 is 25.4. The van der Waals surface area contributed by atoms with Crippen LogP contribution in [0.25, 0.3) is 0 Å². The van der Waals surface area contributed by atoms with Crippen LogP contribution in [0.3, 0.4) is 0 Å². The second-order valence-electron chi connectivity index (χ2n) is 6.57. The highest BCUT2D eigenvalue weighted by molar-refractivity contribution is 7.98. The Kier molecular flexibility index (Phi) is 8.22. The summed E-state index contributed by atoms with van der Waals surface area (Å²) in [6.45, 7) is 4.11. The molecule has 0 saturated heterocycles. The van der Waals surface area contributed by atoms with E-state index >= 15 is 0 Å². The molecular weight excluding hydrogens is 416 g/mol. The van der Waals surface area contributed by atoms with Crippen LogP contribution in [0.15, 0.2) is 42.5 Å². The molecule has 0 bridgehead atoms. The van der Waals surface area contributed by atoms with Crippen LogP contribution >= 0.6 is 23.4 Å². The molecule has 0 saturated carbocycles. The van der Waals surface area contributed by atoms with Crippen molar-refractivity contribution in [2.75, 3.05) is 29.4 Å². The Morgan fingerprint density at radius 2 is 1.79 bits per heavy atom. The zero-order chi connectivity index (χ0) is 20.7. The van der Waals surface area contributed by atoms with Crippen LogP contribution in [0.1, 0.15) is 16.7 Å². The first-order chi connectivity index (χ1) is 13.2. The van der Waals surface area contributed by atoms with Crippen LogP contribution in [0.2, 0.25) is 5.02 Å². The van der Waals surface area contributed by atoms with Crippen LogP contribution < -0.4 is 9.62 Å². The van der Waals surface area contributed by atoms with Gasteiger partial charge >= 0.3 is 0 Å². The van der Waals surface area contributed by atoms with Crippen molar-refractivity contribution in [1.82, 2.24) is 5.32 Å². The lowest BCUT2D eigenvalue weighted by atomic mass is 10.1. The van der Waals surface area contributed by atoms with Crippen molar-refractivity contribution in [3.63, 3.8) is 0 Å². The van der Waals surface area contributed by atoms with E-state index in [1.165, 1.54) is 5.56 Å². The summed E-state index contributed by atoms with van der Waals surface area (Å²) in [5.74, 6) is 1.23. The number of thioether (sulfide) groups is 1. The summed E-state index contributed by atoms with van der Waals surface area (Å²) in [5.41, 5.74) is 3.71. The monoisotopic (exact) mass is 440 g/mol. The maximum atomic E-state index is 12.3. The predicted molar refractivity (Wildman–Crippen MR) is 119 cm³/mol. The Balaban J connectivity index is 1.84. The molecule has 28 heavy (non-hydrogen) atoms. The number of carbonyl (C=O) groups excluding carboxylic acids is 1. The van der Waals surface area contributed by atoms with Crippen molar-refractivity contribution in [1.29, 1.82) is 0 Å². The number of rotatable bonds is 9. The SMILES string of the molecule is Cc1ccc(N(CC(=O)NCCSCc2ccc(Cl)cc2)S(C)(=O)=O)cc1C. The first-order valence-electron chi connectivity index (χ1n) is 8.80. The van der Waals surface area contributed by atoms with Crippen LogP contribution in [0.5, 0.6) is 0 Å². The molecule has 2 rings (SSSR count). The van der Waals surface area contributed by atoms with Gasteiger partial charge in [0.2, 0.25) is 15.9 Å². The number of amides is 1. The molecule has 8 heteroatoms. The molecule has 0 atom stereocenters. The third-order valence-electron chi connectivity index (χ3n) is 4.22. The topological polar surface area (TPSA) is 66.5 Å². The van der Waals surface area contributed by atoms with E-state index in [0.717, 1.165) is 33.2 Å². The minimum Gasteiger partial charge on any atom is -0.354 e. The Bertz CT molecular complexity index is 916. The van der Waals surface area contributed by atoms with Crippen LogP contribution in [0.4, 0.5) is 5.69 Å². The smallest absolute Gasteiger partial charge is 0.240 e. The minimum atomic E-state index is -3.56. The van der Waals surface area contributed by atoms with Crippen molar-refractivity contribution >= 4 is 45.0 Å². The Morgan fingerprint density at radius 3 is 2.39 bits per heavy atom. The van der Waals surface area contributed by atoms with E-state index < -0.39 is 10.0 Å². The molecule has 0 aromatic heterocycles. The lowest BCUT2D eigenvalue weighted by Gasteiger charge is -2.22. The highest BCUT2D eigenvalue weighted by Crippen LogP contribution is 2.21. The zero-order valence-corrected chi connectivity index (χ0v) is 18.6. The first kappa shape index (κ1) is 22.6. The summed E-state index contributed by atoms with van der Waals surface area (Å²) in [4.78, 5) is 12.3. The number of nitrogens with one attached hydrogen (secondary N) is 1. The number of anilines is 1. The normalized spacial score (nSPS) is 11.3. The van der Waals surface area contributed by atoms with Gasteiger partial charge in [-0.25, -0.2) is 8.42 Å². The average molecular weight is 441 g/mol. The highest BCUT2D eigenvalue weighted by Gasteiger charge is 2.21. The van der Waals surface area contributed by atoms with Crippen LogP contribution in [-0.4, -0.2) is 39.4 Å². The molecular formula is C20H25ClN2O3S2. The molecule has 0 unspecified atom stereocenters. The number of aryl methyl sites for hydroxylation is 2. The van der Waals surface area contributed by atoms with Gasteiger partial charge < -0.3 is 5.32 Å². The third-order valence-corrected chi connectivity index (χ3v) is 6.64. The lowest BCUT2D eigenvalue weighted by Crippen LogP contribution is -2.41. The van der Waals surface area contributed by atoms with Crippen LogP contribution in [0, 0.1) is 13.8 Å². The van der Waals surface area contributed by atoms with Gasteiger partial charge in [-0.1, -0.05) is 29.8 Å². The second-order valence-corrected chi connectivity index (χ2v) is 10.0. The molecule has 0 radical (unpaired) electrons. The molecule has 5 nitrogen and oxygen atoms in total. The van der Waals surface area contributed by atoms with Crippen LogP contribution in [-0.2, 0) is 20.6 Å². The van der Waals surface area contributed by atoms with Crippen molar-refractivity contribution < 1.29 is 13.2 Å². The fraction of sp³-hybridized carbons (Fsp3) is 0.350. The maximum absolute atomic E-state index is 12.3. The summed E-state index contributed by atoms with van der Waals surface area (Å²) in [5, 5.41) is 3.50.